The third-order valence-corrected chi connectivity index (χ3v) is 7.51. The summed E-state index contributed by atoms with van der Waals surface area (Å²) in [7, 11) is -3.83. The van der Waals surface area contributed by atoms with E-state index in [1.807, 2.05) is 13.0 Å². The summed E-state index contributed by atoms with van der Waals surface area (Å²) in [6, 6.07) is 13.6. The summed E-state index contributed by atoms with van der Waals surface area (Å²) in [6.45, 7) is 6.68. The molecule has 2 atom stereocenters. The van der Waals surface area contributed by atoms with Crippen LogP contribution >= 0.6 is 0 Å². The van der Waals surface area contributed by atoms with Gasteiger partial charge in [0.2, 0.25) is 0 Å². The van der Waals surface area contributed by atoms with E-state index >= 15 is 0 Å². The van der Waals surface area contributed by atoms with Gasteiger partial charge in [0.05, 0.1) is 17.1 Å². The van der Waals surface area contributed by atoms with Gasteiger partial charge in [-0.25, -0.2) is 8.42 Å². The van der Waals surface area contributed by atoms with Gasteiger partial charge in [-0.15, -0.1) is 0 Å². The molecule has 2 aromatic carbocycles. The van der Waals surface area contributed by atoms with Crippen LogP contribution in [0.3, 0.4) is 0 Å². The quantitative estimate of drug-likeness (QED) is 0.626. The first-order chi connectivity index (χ1) is 14.9. The number of aryl methyl sites for hydroxylation is 1. The molecular formula is C24H32N2O4S. The molecule has 1 amide bonds. The number of anilines is 1. The summed E-state index contributed by atoms with van der Waals surface area (Å²) in [4.78, 5) is 13.1. The molecular weight excluding hydrogens is 412 g/mol. The summed E-state index contributed by atoms with van der Waals surface area (Å²) < 4.78 is 34.0. The zero-order valence-electron chi connectivity index (χ0n) is 18.5. The number of amides is 1. The summed E-state index contributed by atoms with van der Waals surface area (Å²) in [5.41, 5.74) is 1.38. The Bertz CT molecular complexity index is 992. The van der Waals surface area contributed by atoms with Crippen LogP contribution in [0.1, 0.15) is 45.1 Å². The summed E-state index contributed by atoms with van der Waals surface area (Å²) in [6.07, 6.45) is 3.40. The number of fused-ring (bicyclic) bond motifs is 1. The van der Waals surface area contributed by atoms with Crippen LogP contribution in [0.4, 0.5) is 5.69 Å². The number of ether oxygens (including phenoxy) is 1. The van der Waals surface area contributed by atoms with E-state index in [-0.39, 0.29) is 17.3 Å². The molecule has 0 aliphatic carbocycles. The molecule has 0 unspecified atom stereocenters. The molecule has 0 fully saturated rings. The van der Waals surface area contributed by atoms with Crippen molar-refractivity contribution in [3.63, 3.8) is 0 Å². The Morgan fingerprint density at radius 2 is 1.94 bits per heavy atom. The van der Waals surface area contributed by atoms with Crippen LogP contribution in [-0.2, 0) is 14.8 Å². The molecule has 0 saturated carbocycles. The van der Waals surface area contributed by atoms with Gasteiger partial charge >= 0.3 is 0 Å². The highest BCUT2D eigenvalue weighted by Gasteiger charge is 2.37. The maximum Gasteiger partial charge on any atom is 0.264 e. The molecule has 7 heteroatoms. The molecule has 1 heterocycles. The van der Waals surface area contributed by atoms with Crippen LogP contribution in [-0.4, -0.2) is 33.5 Å². The highest BCUT2D eigenvalue weighted by molar-refractivity contribution is 7.92. The number of carbonyl (C=O) groups excluding carboxylic acids is 1. The molecule has 0 saturated heterocycles. The normalized spacial score (nSPS) is 16.9. The number of rotatable bonds is 9. The van der Waals surface area contributed by atoms with Crippen molar-refractivity contribution in [2.45, 2.75) is 57.5 Å². The summed E-state index contributed by atoms with van der Waals surface area (Å²) in [5.74, 6) is 0.524. The molecule has 1 N–H and O–H groups in total. The summed E-state index contributed by atoms with van der Waals surface area (Å²) >= 11 is 0. The van der Waals surface area contributed by atoms with E-state index < -0.39 is 16.1 Å². The van der Waals surface area contributed by atoms with Crippen LogP contribution in [0.5, 0.6) is 5.75 Å². The number of hydrogen-bond donors (Lipinski definition) is 1. The predicted molar refractivity (Wildman–Crippen MR) is 123 cm³/mol. The Morgan fingerprint density at radius 1 is 1.19 bits per heavy atom. The first kappa shape index (κ1) is 23.1. The Balaban J connectivity index is 1.84. The van der Waals surface area contributed by atoms with Crippen molar-refractivity contribution >= 4 is 21.6 Å². The van der Waals surface area contributed by atoms with Crippen molar-refractivity contribution in [2.24, 2.45) is 5.92 Å². The van der Waals surface area contributed by atoms with Crippen molar-refractivity contribution in [3.8, 4) is 5.75 Å². The van der Waals surface area contributed by atoms with E-state index in [0.717, 1.165) is 31.2 Å². The van der Waals surface area contributed by atoms with E-state index in [1.54, 1.807) is 42.5 Å². The van der Waals surface area contributed by atoms with Crippen LogP contribution in [0.2, 0.25) is 0 Å². The molecule has 1 aliphatic heterocycles. The fourth-order valence-corrected chi connectivity index (χ4v) is 5.24. The van der Waals surface area contributed by atoms with Crippen molar-refractivity contribution in [2.75, 3.05) is 17.4 Å². The molecule has 1 aliphatic rings. The van der Waals surface area contributed by atoms with Crippen LogP contribution in [0.15, 0.2) is 53.4 Å². The monoisotopic (exact) mass is 444 g/mol. The van der Waals surface area contributed by atoms with Gasteiger partial charge < -0.3 is 10.1 Å². The van der Waals surface area contributed by atoms with E-state index in [0.29, 0.717) is 23.9 Å². The zero-order valence-corrected chi connectivity index (χ0v) is 19.3. The number of nitrogens with one attached hydrogen (secondary N) is 1. The minimum atomic E-state index is -3.83. The lowest BCUT2D eigenvalue weighted by molar-refractivity contribution is -0.127. The van der Waals surface area contributed by atoms with Crippen molar-refractivity contribution < 1.29 is 17.9 Å². The van der Waals surface area contributed by atoms with E-state index in [4.69, 9.17) is 4.74 Å². The van der Waals surface area contributed by atoms with Crippen molar-refractivity contribution in [3.05, 3.63) is 54.1 Å². The Kier molecular flexibility index (Phi) is 7.59. The molecule has 168 valence electrons. The average molecular weight is 445 g/mol. The SMILES string of the molecule is CCCC[C@@H](CC)CNC(=O)[C@H]1CN(S(=O)(=O)c2ccccc2)c2cc(C)ccc2O1. The van der Waals surface area contributed by atoms with Gasteiger partial charge in [-0.1, -0.05) is 57.4 Å². The van der Waals surface area contributed by atoms with E-state index in [2.05, 4.69) is 19.2 Å². The van der Waals surface area contributed by atoms with E-state index in [1.165, 1.54) is 4.31 Å². The van der Waals surface area contributed by atoms with Gasteiger partial charge in [-0.2, -0.15) is 0 Å². The lowest BCUT2D eigenvalue weighted by atomic mass is 9.99. The second-order valence-electron chi connectivity index (χ2n) is 8.09. The topological polar surface area (TPSA) is 75.7 Å². The van der Waals surface area contributed by atoms with Gasteiger partial charge in [-0.05, 0) is 49.1 Å². The highest BCUT2D eigenvalue weighted by atomic mass is 32.2. The van der Waals surface area contributed by atoms with Crippen molar-refractivity contribution in [1.29, 1.82) is 0 Å². The van der Waals surface area contributed by atoms with Crippen LogP contribution in [0, 0.1) is 12.8 Å². The minimum Gasteiger partial charge on any atom is -0.476 e. The largest absolute Gasteiger partial charge is 0.476 e. The number of nitrogens with zero attached hydrogens (tertiary/aromatic N) is 1. The lowest BCUT2D eigenvalue weighted by Crippen LogP contribution is -2.51. The average Bonchev–Trinajstić information content (AvgIpc) is 2.78. The second-order valence-corrected chi connectivity index (χ2v) is 9.95. The molecule has 31 heavy (non-hydrogen) atoms. The Labute approximate surface area is 185 Å². The third kappa shape index (κ3) is 5.39. The van der Waals surface area contributed by atoms with Gasteiger partial charge in [0.25, 0.3) is 15.9 Å². The molecule has 0 radical (unpaired) electrons. The number of hydrogen-bond acceptors (Lipinski definition) is 4. The molecule has 6 nitrogen and oxygen atoms in total. The number of sulfonamides is 1. The highest BCUT2D eigenvalue weighted by Crippen LogP contribution is 2.37. The first-order valence-electron chi connectivity index (χ1n) is 11.0. The maximum absolute atomic E-state index is 13.4. The third-order valence-electron chi connectivity index (χ3n) is 5.72. The lowest BCUT2D eigenvalue weighted by Gasteiger charge is -2.35. The van der Waals surface area contributed by atoms with Gasteiger partial charge in [0.1, 0.15) is 5.75 Å². The van der Waals surface area contributed by atoms with E-state index in [9.17, 15) is 13.2 Å². The standard InChI is InChI=1S/C24H32N2O4S/c1-4-6-10-19(5-2)16-25-24(27)23-17-26(21-15-18(3)13-14-22(21)30-23)31(28,29)20-11-8-7-9-12-20/h7-9,11-15,19,23H,4-6,10,16-17H2,1-3H3,(H,25,27)/t19-,23-/m1/s1. The molecule has 2 aromatic rings. The number of unbranched alkanes of at least 4 members (excludes halogenated alkanes) is 1. The predicted octanol–water partition coefficient (Wildman–Crippen LogP) is 4.28. The smallest absolute Gasteiger partial charge is 0.264 e. The number of carbonyl (C=O) groups is 1. The molecule has 3 rings (SSSR count). The first-order valence-corrected chi connectivity index (χ1v) is 12.4. The molecule has 0 aromatic heterocycles. The number of benzene rings is 2. The maximum atomic E-state index is 13.4. The fraction of sp³-hybridized carbons (Fsp3) is 0.458. The minimum absolute atomic E-state index is 0.0642. The van der Waals surface area contributed by atoms with Crippen molar-refractivity contribution in [1.82, 2.24) is 5.32 Å². The Hall–Kier alpha value is -2.54. The van der Waals surface area contributed by atoms with Gasteiger partial charge in [0.15, 0.2) is 6.10 Å². The summed E-state index contributed by atoms with van der Waals surface area (Å²) in [5, 5.41) is 2.98. The van der Waals surface area contributed by atoms with Crippen LogP contribution in [0.25, 0.3) is 0 Å². The van der Waals surface area contributed by atoms with Gasteiger partial charge in [0, 0.05) is 6.54 Å². The fourth-order valence-electron chi connectivity index (χ4n) is 3.75. The van der Waals surface area contributed by atoms with Gasteiger partial charge in [-0.3, -0.25) is 9.10 Å². The van der Waals surface area contributed by atoms with Crippen LogP contribution < -0.4 is 14.4 Å². The second kappa shape index (κ2) is 10.2. The molecule has 0 spiro atoms. The Morgan fingerprint density at radius 3 is 2.61 bits per heavy atom. The zero-order chi connectivity index (χ0) is 22.4. The molecule has 0 bridgehead atoms.